The van der Waals surface area contributed by atoms with Crippen LogP contribution < -0.4 is 15.5 Å². The SMILES string of the molecule is Cc1ccc(C(CC(=O)OC(C)C)NC(=O)c2ccc(N3CCNC3=O)c(C)c2)cc1. The Balaban J connectivity index is 1.79. The van der Waals surface area contributed by atoms with E-state index in [1.165, 1.54) is 0 Å². The van der Waals surface area contributed by atoms with Crippen molar-refractivity contribution in [3.05, 3.63) is 64.7 Å². The molecule has 1 saturated heterocycles. The molecule has 7 nitrogen and oxygen atoms in total. The minimum absolute atomic E-state index is 0.0397. The predicted octanol–water partition coefficient (Wildman–Crippen LogP) is 3.65. The standard InChI is InChI=1S/C24H29N3O4/c1-15(2)31-22(28)14-20(18-7-5-16(3)6-8-18)26-23(29)19-9-10-21(17(4)13-19)27-12-11-25-24(27)30/h5-10,13,15,20H,11-12,14H2,1-4H3,(H,25,30)(H,26,29). The number of carbonyl (C=O) groups excluding carboxylic acids is 3. The molecular formula is C24H29N3O4. The summed E-state index contributed by atoms with van der Waals surface area (Å²) in [5, 5.41) is 5.74. The molecule has 0 aromatic heterocycles. The molecular weight excluding hydrogens is 394 g/mol. The number of rotatable bonds is 7. The number of esters is 1. The molecule has 1 aliphatic heterocycles. The van der Waals surface area contributed by atoms with E-state index in [2.05, 4.69) is 10.6 Å². The summed E-state index contributed by atoms with van der Waals surface area (Å²) in [6.45, 7) is 8.64. The summed E-state index contributed by atoms with van der Waals surface area (Å²) in [5.74, 6) is -0.657. The van der Waals surface area contributed by atoms with Gasteiger partial charge in [0.2, 0.25) is 0 Å². The van der Waals surface area contributed by atoms with E-state index in [0.29, 0.717) is 18.7 Å². The third kappa shape index (κ3) is 5.63. The van der Waals surface area contributed by atoms with Crippen LogP contribution in [-0.4, -0.2) is 37.1 Å². The second kappa shape index (κ2) is 9.64. The lowest BCUT2D eigenvalue weighted by molar-refractivity contribution is -0.147. The van der Waals surface area contributed by atoms with Crippen LogP contribution in [0.25, 0.3) is 0 Å². The van der Waals surface area contributed by atoms with Crippen LogP contribution in [0, 0.1) is 13.8 Å². The summed E-state index contributed by atoms with van der Waals surface area (Å²) in [6, 6.07) is 12.3. The average molecular weight is 424 g/mol. The lowest BCUT2D eigenvalue weighted by Gasteiger charge is -2.21. The van der Waals surface area contributed by atoms with Crippen molar-refractivity contribution in [3.8, 4) is 0 Å². The first-order chi connectivity index (χ1) is 14.7. The normalized spacial score (nSPS) is 14.4. The Labute approximate surface area is 182 Å². The number of ether oxygens (including phenoxy) is 1. The van der Waals surface area contributed by atoms with Gasteiger partial charge in [-0.1, -0.05) is 29.8 Å². The van der Waals surface area contributed by atoms with Crippen molar-refractivity contribution in [2.24, 2.45) is 0 Å². The first-order valence-corrected chi connectivity index (χ1v) is 10.5. The van der Waals surface area contributed by atoms with Crippen LogP contribution in [0.5, 0.6) is 0 Å². The lowest BCUT2D eigenvalue weighted by Crippen LogP contribution is -2.31. The quantitative estimate of drug-likeness (QED) is 0.666. The van der Waals surface area contributed by atoms with E-state index in [-0.39, 0.29) is 30.4 Å². The summed E-state index contributed by atoms with van der Waals surface area (Å²) in [6.07, 6.45) is -0.183. The molecule has 0 bridgehead atoms. The van der Waals surface area contributed by atoms with Crippen LogP contribution in [0.4, 0.5) is 10.5 Å². The number of anilines is 1. The molecule has 7 heteroatoms. The number of hydrogen-bond acceptors (Lipinski definition) is 4. The average Bonchev–Trinajstić information content (AvgIpc) is 3.13. The fourth-order valence-electron chi connectivity index (χ4n) is 3.57. The van der Waals surface area contributed by atoms with Gasteiger partial charge in [0, 0.05) is 24.3 Å². The Bertz CT molecular complexity index is 969. The van der Waals surface area contributed by atoms with Gasteiger partial charge in [-0.05, 0) is 57.0 Å². The number of amides is 3. The number of urea groups is 1. The van der Waals surface area contributed by atoms with Gasteiger partial charge in [0.05, 0.1) is 18.6 Å². The zero-order valence-electron chi connectivity index (χ0n) is 18.4. The van der Waals surface area contributed by atoms with Gasteiger partial charge in [-0.2, -0.15) is 0 Å². The molecule has 0 radical (unpaired) electrons. The van der Waals surface area contributed by atoms with Gasteiger partial charge >= 0.3 is 12.0 Å². The highest BCUT2D eigenvalue weighted by Crippen LogP contribution is 2.24. The summed E-state index contributed by atoms with van der Waals surface area (Å²) in [5.41, 5.74) is 4.01. The van der Waals surface area contributed by atoms with Crippen LogP contribution in [0.1, 0.15) is 53.4 Å². The molecule has 2 aromatic rings. The summed E-state index contributed by atoms with van der Waals surface area (Å²) in [4.78, 5) is 38.9. The summed E-state index contributed by atoms with van der Waals surface area (Å²) in [7, 11) is 0. The Morgan fingerprint density at radius 1 is 1.13 bits per heavy atom. The van der Waals surface area contributed by atoms with Crippen molar-refractivity contribution in [1.82, 2.24) is 10.6 Å². The molecule has 1 fully saturated rings. The van der Waals surface area contributed by atoms with E-state index < -0.39 is 6.04 Å². The molecule has 31 heavy (non-hydrogen) atoms. The molecule has 164 valence electrons. The Morgan fingerprint density at radius 2 is 1.84 bits per heavy atom. The maximum atomic E-state index is 13.0. The van der Waals surface area contributed by atoms with Crippen LogP contribution >= 0.6 is 0 Å². The molecule has 0 aliphatic carbocycles. The molecule has 1 aliphatic rings. The van der Waals surface area contributed by atoms with E-state index in [1.807, 2.05) is 38.1 Å². The molecule has 2 N–H and O–H groups in total. The second-order valence-corrected chi connectivity index (χ2v) is 8.06. The number of carbonyl (C=O) groups is 3. The van der Waals surface area contributed by atoms with E-state index in [1.54, 1.807) is 36.9 Å². The highest BCUT2D eigenvalue weighted by atomic mass is 16.5. The zero-order chi connectivity index (χ0) is 22.5. The van der Waals surface area contributed by atoms with E-state index in [9.17, 15) is 14.4 Å². The number of nitrogens with zero attached hydrogens (tertiary/aromatic N) is 1. The van der Waals surface area contributed by atoms with Crippen molar-refractivity contribution in [3.63, 3.8) is 0 Å². The first-order valence-electron chi connectivity index (χ1n) is 10.5. The van der Waals surface area contributed by atoms with E-state index >= 15 is 0 Å². The molecule has 0 spiro atoms. The maximum Gasteiger partial charge on any atom is 0.322 e. The minimum Gasteiger partial charge on any atom is -0.463 e. The second-order valence-electron chi connectivity index (χ2n) is 8.06. The zero-order valence-corrected chi connectivity index (χ0v) is 18.4. The number of hydrogen-bond donors (Lipinski definition) is 2. The van der Waals surface area contributed by atoms with Gasteiger partial charge in [-0.3, -0.25) is 14.5 Å². The van der Waals surface area contributed by atoms with Crippen molar-refractivity contribution in [2.45, 2.75) is 46.3 Å². The topological polar surface area (TPSA) is 87.7 Å². The molecule has 3 rings (SSSR count). The predicted molar refractivity (Wildman–Crippen MR) is 119 cm³/mol. The van der Waals surface area contributed by atoms with Crippen molar-refractivity contribution < 1.29 is 19.1 Å². The van der Waals surface area contributed by atoms with Gasteiger partial charge in [0.1, 0.15) is 0 Å². The Kier molecular flexibility index (Phi) is 6.95. The van der Waals surface area contributed by atoms with Gasteiger partial charge in [-0.25, -0.2) is 4.79 Å². The van der Waals surface area contributed by atoms with Crippen molar-refractivity contribution >= 4 is 23.6 Å². The smallest absolute Gasteiger partial charge is 0.322 e. The number of benzene rings is 2. The molecule has 0 saturated carbocycles. The highest BCUT2D eigenvalue weighted by Gasteiger charge is 2.24. The molecule has 2 aromatic carbocycles. The highest BCUT2D eigenvalue weighted by molar-refractivity contribution is 5.98. The molecule has 3 amide bonds. The van der Waals surface area contributed by atoms with Gasteiger partial charge in [-0.15, -0.1) is 0 Å². The van der Waals surface area contributed by atoms with E-state index in [4.69, 9.17) is 4.74 Å². The monoisotopic (exact) mass is 423 g/mol. The molecule has 1 atom stereocenters. The van der Waals surface area contributed by atoms with Crippen LogP contribution in [0.2, 0.25) is 0 Å². The summed E-state index contributed by atoms with van der Waals surface area (Å²) >= 11 is 0. The Morgan fingerprint density at radius 3 is 2.42 bits per heavy atom. The van der Waals surface area contributed by atoms with Crippen molar-refractivity contribution in [2.75, 3.05) is 18.0 Å². The van der Waals surface area contributed by atoms with Crippen molar-refractivity contribution in [1.29, 1.82) is 0 Å². The van der Waals surface area contributed by atoms with Gasteiger partial charge < -0.3 is 15.4 Å². The number of aryl methyl sites for hydroxylation is 2. The van der Waals surface area contributed by atoms with E-state index in [0.717, 1.165) is 22.4 Å². The molecule has 1 heterocycles. The number of nitrogens with one attached hydrogen (secondary N) is 2. The lowest BCUT2D eigenvalue weighted by atomic mass is 10.0. The minimum atomic E-state index is -0.510. The van der Waals surface area contributed by atoms with Crippen LogP contribution in [0.3, 0.4) is 0 Å². The molecule has 1 unspecified atom stereocenters. The van der Waals surface area contributed by atoms with Crippen LogP contribution in [0.15, 0.2) is 42.5 Å². The third-order valence-corrected chi connectivity index (χ3v) is 5.13. The fourth-order valence-corrected chi connectivity index (χ4v) is 3.57. The fraction of sp³-hybridized carbons (Fsp3) is 0.375. The van der Waals surface area contributed by atoms with Gasteiger partial charge in [0.25, 0.3) is 5.91 Å². The maximum absolute atomic E-state index is 13.0. The van der Waals surface area contributed by atoms with Crippen LogP contribution in [-0.2, 0) is 9.53 Å². The largest absolute Gasteiger partial charge is 0.463 e. The Hall–Kier alpha value is -3.35. The summed E-state index contributed by atoms with van der Waals surface area (Å²) < 4.78 is 5.28. The third-order valence-electron chi connectivity index (χ3n) is 5.13. The van der Waals surface area contributed by atoms with Gasteiger partial charge in [0.15, 0.2) is 0 Å². The first kappa shape index (κ1) is 22.3.